The quantitative estimate of drug-likeness (QED) is 0.881. The van der Waals surface area contributed by atoms with E-state index in [1.807, 2.05) is 35.0 Å². The summed E-state index contributed by atoms with van der Waals surface area (Å²) < 4.78 is 2.03. The number of carbonyl (C=O) groups is 1. The zero-order chi connectivity index (χ0) is 15.4. The minimum absolute atomic E-state index is 0.167. The summed E-state index contributed by atoms with van der Waals surface area (Å²) in [6.45, 7) is 1.17. The van der Waals surface area contributed by atoms with E-state index in [2.05, 4.69) is 16.5 Å². The molecule has 0 fully saturated rings. The number of nitrogens with one attached hydrogen (secondary N) is 1. The van der Waals surface area contributed by atoms with Crippen molar-refractivity contribution in [2.75, 3.05) is 6.61 Å². The normalized spacial score (nSPS) is 15.1. The predicted molar refractivity (Wildman–Crippen MR) is 83.3 cm³/mol. The maximum atomic E-state index is 12.3. The Balaban J connectivity index is 1.62. The SMILES string of the molecule is O=C(NCc1cc2n(n1)CCCC2)C(CO)c1ccccc1. The van der Waals surface area contributed by atoms with Gasteiger partial charge in [0.05, 0.1) is 24.8 Å². The van der Waals surface area contributed by atoms with Crippen LogP contribution in [0.4, 0.5) is 0 Å². The molecular weight excluding hydrogens is 278 g/mol. The Kier molecular flexibility index (Phi) is 4.53. The van der Waals surface area contributed by atoms with Crippen molar-refractivity contribution in [1.82, 2.24) is 15.1 Å². The maximum Gasteiger partial charge on any atom is 0.230 e. The second-order valence-electron chi connectivity index (χ2n) is 5.67. The number of aryl methyl sites for hydroxylation is 2. The third-order valence-electron chi connectivity index (χ3n) is 4.11. The fraction of sp³-hybridized carbons (Fsp3) is 0.412. The van der Waals surface area contributed by atoms with E-state index in [4.69, 9.17) is 0 Å². The van der Waals surface area contributed by atoms with Crippen LogP contribution in [0.3, 0.4) is 0 Å². The molecule has 0 radical (unpaired) electrons. The number of hydrogen-bond acceptors (Lipinski definition) is 3. The van der Waals surface area contributed by atoms with E-state index >= 15 is 0 Å². The monoisotopic (exact) mass is 299 g/mol. The molecule has 0 aliphatic carbocycles. The first-order valence-electron chi connectivity index (χ1n) is 7.77. The number of aromatic nitrogens is 2. The van der Waals surface area contributed by atoms with Crippen molar-refractivity contribution in [3.63, 3.8) is 0 Å². The molecule has 0 spiro atoms. The third kappa shape index (κ3) is 3.20. The minimum Gasteiger partial charge on any atom is -0.395 e. The largest absolute Gasteiger partial charge is 0.395 e. The van der Waals surface area contributed by atoms with Gasteiger partial charge >= 0.3 is 0 Å². The molecule has 5 heteroatoms. The van der Waals surface area contributed by atoms with E-state index in [-0.39, 0.29) is 12.5 Å². The lowest BCUT2D eigenvalue weighted by molar-refractivity contribution is -0.123. The third-order valence-corrected chi connectivity index (χ3v) is 4.11. The molecule has 0 bridgehead atoms. The molecule has 1 atom stereocenters. The molecule has 1 aromatic heterocycles. The highest BCUT2D eigenvalue weighted by Crippen LogP contribution is 2.17. The molecule has 116 valence electrons. The van der Waals surface area contributed by atoms with Gasteiger partial charge < -0.3 is 10.4 Å². The average Bonchev–Trinajstić information content (AvgIpc) is 2.97. The molecule has 1 unspecified atom stereocenters. The fourth-order valence-corrected chi connectivity index (χ4v) is 2.89. The smallest absolute Gasteiger partial charge is 0.230 e. The van der Waals surface area contributed by atoms with E-state index in [1.165, 1.54) is 18.5 Å². The molecule has 5 nitrogen and oxygen atoms in total. The van der Waals surface area contributed by atoms with Crippen LogP contribution in [0.1, 0.15) is 35.7 Å². The van der Waals surface area contributed by atoms with Gasteiger partial charge in [0, 0.05) is 12.2 Å². The average molecular weight is 299 g/mol. The molecule has 0 saturated carbocycles. The molecule has 1 aliphatic heterocycles. The topological polar surface area (TPSA) is 67.2 Å². The Bertz CT molecular complexity index is 613. The van der Waals surface area contributed by atoms with Crippen LogP contribution in [-0.2, 0) is 24.3 Å². The molecule has 2 aromatic rings. The summed E-state index contributed by atoms with van der Waals surface area (Å²) in [6.07, 6.45) is 3.43. The van der Waals surface area contributed by atoms with E-state index in [9.17, 15) is 9.90 Å². The summed E-state index contributed by atoms with van der Waals surface area (Å²) >= 11 is 0. The molecule has 1 amide bonds. The zero-order valence-corrected chi connectivity index (χ0v) is 12.5. The van der Waals surface area contributed by atoms with E-state index in [0.717, 1.165) is 24.2 Å². The Labute approximate surface area is 130 Å². The maximum absolute atomic E-state index is 12.3. The number of amides is 1. The first kappa shape index (κ1) is 14.8. The lowest BCUT2D eigenvalue weighted by atomic mass is 9.99. The molecular formula is C17H21N3O2. The van der Waals surface area contributed by atoms with Crippen molar-refractivity contribution in [2.45, 2.75) is 38.3 Å². The zero-order valence-electron chi connectivity index (χ0n) is 12.5. The summed E-state index contributed by atoms with van der Waals surface area (Å²) in [4.78, 5) is 12.3. The van der Waals surface area contributed by atoms with Crippen LogP contribution in [0.15, 0.2) is 36.4 Å². The molecule has 2 N–H and O–H groups in total. The van der Waals surface area contributed by atoms with Crippen LogP contribution < -0.4 is 5.32 Å². The van der Waals surface area contributed by atoms with Gasteiger partial charge in [0.25, 0.3) is 0 Å². The fourth-order valence-electron chi connectivity index (χ4n) is 2.89. The van der Waals surface area contributed by atoms with Gasteiger partial charge in [-0.25, -0.2) is 0 Å². The van der Waals surface area contributed by atoms with E-state index in [1.54, 1.807) is 0 Å². The second-order valence-corrected chi connectivity index (χ2v) is 5.67. The van der Waals surface area contributed by atoms with Crippen LogP contribution >= 0.6 is 0 Å². The number of hydrogen-bond donors (Lipinski definition) is 2. The van der Waals surface area contributed by atoms with E-state index < -0.39 is 5.92 Å². The van der Waals surface area contributed by atoms with Gasteiger partial charge in [-0.3, -0.25) is 9.48 Å². The summed E-state index contributed by atoms with van der Waals surface area (Å²) in [5.41, 5.74) is 2.96. The van der Waals surface area contributed by atoms with E-state index in [0.29, 0.717) is 6.54 Å². The van der Waals surface area contributed by atoms with Crippen molar-refractivity contribution < 1.29 is 9.90 Å². The number of aliphatic hydroxyl groups excluding tert-OH is 1. The van der Waals surface area contributed by atoms with Gasteiger partial charge in [-0.05, 0) is 30.9 Å². The van der Waals surface area contributed by atoms with Crippen LogP contribution in [0.25, 0.3) is 0 Å². The molecule has 0 saturated heterocycles. The molecule has 3 rings (SSSR count). The van der Waals surface area contributed by atoms with Gasteiger partial charge in [-0.15, -0.1) is 0 Å². The van der Waals surface area contributed by atoms with Crippen molar-refractivity contribution in [1.29, 1.82) is 0 Å². The Hall–Kier alpha value is -2.14. The lowest BCUT2D eigenvalue weighted by Gasteiger charge is -2.14. The van der Waals surface area contributed by atoms with Crippen LogP contribution in [0, 0.1) is 0 Å². The standard InChI is InChI=1S/C17H21N3O2/c21-12-16(13-6-2-1-3-7-13)17(22)18-11-14-10-15-8-4-5-9-20(15)19-14/h1-3,6-7,10,16,21H,4-5,8-9,11-12H2,(H,18,22). The molecule has 22 heavy (non-hydrogen) atoms. The van der Waals surface area contributed by atoms with Crippen LogP contribution in [0.5, 0.6) is 0 Å². The van der Waals surface area contributed by atoms with Gasteiger partial charge in [0.2, 0.25) is 5.91 Å². The second kappa shape index (κ2) is 6.75. The minimum atomic E-state index is -0.529. The summed E-state index contributed by atoms with van der Waals surface area (Å²) in [6, 6.07) is 11.4. The highest BCUT2D eigenvalue weighted by molar-refractivity contribution is 5.83. The summed E-state index contributed by atoms with van der Waals surface area (Å²) in [5, 5.41) is 16.9. The van der Waals surface area contributed by atoms with Crippen molar-refractivity contribution in [3.05, 3.63) is 53.3 Å². The summed E-state index contributed by atoms with van der Waals surface area (Å²) in [5.74, 6) is -0.696. The van der Waals surface area contributed by atoms with Crippen molar-refractivity contribution >= 4 is 5.91 Å². The van der Waals surface area contributed by atoms with Gasteiger partial charge in [0.1, 0.15) is 0 Å². The van der Waals surface area contributed by atoms with Crippen LogP contribution in [0.2, 0.25) is 0 Å². The van der Waals surface area contributed by atoms with Gasteiger partial charge in [0.15, 0.2) is 0 Å². The van der Waals surface area contributed by atoms with Crippen molar-refractivity contribution in [2.24, 2.45) is 0 Å². The number of benzene rings is 1. The molecule has 1 aromatic carbocycles. The summed E-state index contributed by atoms with van der Waals surface area (Å²) in [7, 11) is 0. The first-order chi connectivity index (χ1) is 10.8. The van der Waals surface area contributed by atoms with Crippen LogP contribution in [-0.4, -0.2) is 27.4 Å². The Morgan fingerprint density at radius 2 is 2.14 bits per heavy atom. The number of rotatable bonds is 5. The molecule has 1 aliphatic rings. The van der Waals surface area contributed by atoms with Gasteiger partial charge in [-0.2, -0.15) is 5.10 Å². The highest BCUT2D eigenvalue weighted by atomic mass is 16.3. The Morgan fingerprint density at radius 3 is 2.86 bits per heavy atom. The Morgan fingerprint density at radius 1 is 1.32 bits per heavy atom. The van der Waals surface area contributed by atoms with Crippen molar-refractivity contribution in [3.8, 4) is 0 Å². The molecule has 2 heterocycles. The predicted octanol–water partition coefficient (Wildman–Crippen LogP) is 1.61. The van der Waals surface area contributed by atoms with Gasteiger partial charge in [-0.1, -0.05) is 30.3 Å². The number of fused-ring (bicyclic) bond motifs is 1. The number of nitrogens with zero attached hydrogens (tertiary/aromatic N) is 2. The lowest BCUT2D eigenvalue weighted by Crippen LogP contribution is -2.31. The number of carbonyl (C=O) groups excluding carboxylic acids is 1. The first-order valence-corrected chi connectivity index (χ1v) is 7.77. The number of aliphatic hydroxyl groups is 1. The highest BCUT2D eigenvalue weighted by Gasteiger charge is 2.20.